The maximum Gasteiger partial charge on any atom is 0.411 e. The highest BCUT2D eigenvalue weighted by Crippen LogP contribution is 2.30. The van der Waals surface area contributed by atoms with Crippen LogP contribution < -0.4 is 5.32 Å². The molecule has 0 fully saturated rings. The zero-order valence-electron chi connectivity index (χ0n) is 10.1. The van der Waals surface area contributed by atoms with Gasteiger partial charge in [-0.2, -0.15) is 0 Å². The van der Waals surface area contributed by atoms with Crippen LogP contribution in [0, 0.1) is 11.6 Å². The van der Waals surface area contributed by atoms with Crippen LogP contribution in [0.5, 0.6) is 0 Å². The molecule has 1 amide bonds. The Morgan fingerprint density at radius 2 is 1.74 bits per heavy atom. The van der Waals surface area contributed by atoms with E-state index in [1.807, 2.05) is 0 Å². The molecule has 3 nitrogen and oxygen atoms in total. The lowest BCUT2D eigenvalue weighted by Gasteiger charge is -2.11. The number of benzene rings is 2. The Balaban J connectivity index is 2.50. The maximum atomic E-state index is 13.8. The molecule has 0 aliphatic heterocycles. The summed E-state index contributed by atoms with van der Waals surface area (Å²) in [5.41, 5.74) is 0.802. The summed E-state index contributed by atoms with van der Waals surface area (Å²) in [6, 6.07) is 10.4. The van der Waals surface area contributed by atoms with E-state index in [4.69, 9.17) is 0 Å². The van der Waals surface area contributed by atoms with E-state index in [1.54, 1.807) is 24.3 Å². The van der Waals surface area contributed by atoms with E-state index in [1.165, 1.54) is 19.2 Å². The molecule has 2 rings (SSSR count). The highest BCUT2D eigenvalue weighted by molar-refractivity contribution is 5.91. The number of hydrogen-bond acceptors (Lipinski definition) is 2. The number of carbonyl (C=O) groups excluding carboxylic acids is 1. The molecule has 0 unspecified atom stereocenters. The zero-order valence-corrected chi connectivity index (χ0v) is 10.1. The summed E-state index contributed by atoms with van der Waals surface area (Å²) in [5, 5.41) is 2.46. The molecule has 0 aliphatic rings. The van der Waals surface area contributed by atoms with E-state index >= 15 is 0 Å². The molecule has 0 heterocycles. The van der Waals surface area contributed by atoms with Crippen molar-refractivity contribution in [3.63, 3.8) is 0 Å². The van der Waals surface area contributed by atoms with Gasteiger partial charge in [-0.1, -0.05) is 30.3 Å². The maximum absolute atomic E-state index is 13.8. The molecule has 2 aromatic carbocycles. The van der Waals surface area contributed by atoms with E-state index in [-0.39, 0.29) is 5.56 Å². The van der Waals surface area contributed by atoms with Crippen molar-refractivity contribution in [2.24, 2.45) is 0 Å². The Labute approximate surface area is 108 Å². The molecule has 19 heavy (non-hydrogen) atoms. The number of halogens is 2. The lowest BCUT2D eigenvalue weighted by Crippen LogP contribution is -2.11. The van der Waals surface area contributed by atoms with Gasteiger partial charge in [0, 0.05) is 11.1 Å². The van der Waals surface area contributed by atoms with Crippen molar-refractivity contribution < 1.29 is 18.3 Å². The first kappa shape index (κ1) is 13.0. The van der Waals surface area contributed by atoms with E-state index < -0.39 is 17.7 Å². The summed E-state index contributed by atoms with van der Waals surface area (Å²) in [6.07, 6.45) is -0.677. The summed E-state index contributed by atoms with van der Waals surface area (Å²) in [6.45, 7) is 0. The van der Waals surface area contributed by atoms with Crippen LogP contribution >= 0.6 is 0 Å². The largest absolute Gasteiger partial charge is 0.453 e. The normalized spacial score (nSPS) is 10.1. The third-order valence-corrected chi connectivity index (χ3v) is 2.59. The molecule has 2 aromatic rings. The quantitative estimate of drug-likeness (QED) is 0.894. The number of para-hydroxylation sites is 1. The van der Waals surface area contributed by atoms with Crippen LogP contribution in [0.4, 0.5) is 19.3 Å². The van der Waals surface area contributed by atoms with Crippen molar-refractivity contribution in [1.82, 2.24) is 0 Å². The lowest BCUT2D eigenvalue weighted by atomic mass is 10.0. The zero-order chi connectivity index (χ0) is 13.8. The molecule has 0 radical (unpaired) electrons. The molecule has 0 aliphatic carbocycles. The highest BCUT2D eigenvalue weighted by atomic mass is 19.2. The topological polar surface area (TPSA) is 38.3 Å². The van der Waals surface area contributed by atoms with Crippen LogP contribution in [0.1, 0.15) is 0 Å². The van der Waals surface area contributed by atoms with Gasteiger partial charge in [0.05, 0.1) is 12.8 Å². The molecule has 5 heteroatoms. The molecular weight excluding hydrogens is 252 g/mol. The van der Waals surface area contributed by atoms with E-state index in [9.17, 15) is 13.6 Å². The third-order valence-electron chi connectivity index (χ3n) is 2.59. The predicted molar refractivity (Wildman–Crippen MR) is 67.8 cm³/mol. The fourth-order valence-electron chi connectivity index (χ4n) is 1.70. The van der Waals surface area contributed by atoms with Crippen molar-refractivity contribution in [3.8, 4) is 11.1 Å². The van der Waals surface area contributed by atoms with E-state index in [0.29, 0.717) is 11.3 Å². The number of ether oxygens (including phenoxy) is 1. The van der Waals surface area contributed by atoms with Gasteiger partial charge >= 0.3 is 6.09 Å². The number of rotatable bonds is 2. The van der Waals surface area contributed by atoms with Crippen LogP contribution in [0.25, 0.3) is 11.1 Å². The average Bonchev–Trinajstić information content (AvgIpc) is 2.42. The van der Waals surface area contributed by atoms with Gasteiger partial charge in [0.15, 0.2) is 11.6 Å². The van der Waals surface area contributed by atoms with Gasteiger partial charge in [0.1, 0.15) is 0 Å². The molecular formula is C14H11F2NO2. The van der Waals surface area contributed by atoms with Gasteiger partial charge in [-0.05, 0) is 12.1 Å². The second-order valence-electron chi connectivity index (χ2n) is 3.76. The van der Waals surface area contributed by atoms with Gasteiger partial charge in [-0.25, -0.2) is 13.6 Å². The number of carbonyl (C=O) groups is 1. The highest BCUT2D eigenvalue weighted by Gasteiger charge is 2.14. The smallest absolute Gasteiger partial charge is 0.411 e. The molecule has 0 aromatic heterocycles. The Hall–Kier alpha value is -2.43. The Morgan fingerprint density at radius 3 is 2.47 bits per heavy atom. The number of methoxy groups -OCH3 is 1. The molecule has 0 bridgehead atoms. The number of nitrogens with one attached hydrogen (secondary N) is 1. The van der Waals surface area contributed by atoms with Crippen molar-refractivity contribution >= 4 is 11.8 Å². The third kappa shape index (κ3) is 2.70. The van der Waals surface area contributed by atoms with Gasteiger partial charge in [-0.3, -0.25) is 5.32 Å². The van der Waals surface area contributed by atoms with Gasteiger partial charge < -0.3 is 4.74 Å². The number of amides is 1. The number of hydrogen-bond donors (Lipinski definition) is 1. The summed E-state index contributed by atoms with van der Waals surface area (Å²) in [4.78, 5) is 11.2. The lowest BCUT2D eigenvalue weighted by molar-refractivity contribution is 0.187. The molecule has 0 saturated heterocycles. The standard InChI is InChI=1S/C14H11F2NO2/c1-19-14(18)17-12-8-3-2-5-9(12)10-6-4-7-11(15)13(10)16/h2-8H,1H3,(H,17,18). The average molecular weight is 263 g/mol. The van der Waals surface area contributed by atoms with Crippen molar-refractivity contribution in [2.75, 3.05) is 12.4 Å². The minimum Gasteiger partial charge on any atom is -0.453 e. The Kier molecular flexibility index (Phi) is 3.75. The summed E-state index contributed by atoms with van der Waals surface area (Å²) in [5.74, 6) is -1.90. The van der Waals surface area contributed by atoms with Crippen molar-refractivity contribution in [2.45, 2.75) is 0 Å². The Bertz CT molecular complexity index is 614. The number of anilines is 1. The summed E-state index contributed by atoms with van der Waals surface area (Å²) in [7, 11) is 1.22. The van der Waals surface area contributed by atoms with Gasteiger partial charge in [-0.15, -0.1) is 0 Å². The molecule has 0 saturated carbocycles. The minimum atomic E-state index is -0.957. The van der Waals surface area contributed by atoms with Crippen molar-refractivity contribution in [1.29, 1.82) is 0 Å². The van der Waals surface area contributed by atoms with Gasteiger partial charge in [0.25, 0.3) is 0 Å². The minimum absolute atomic E-state index is 0.0759. The molecule has 98 valence electrons. The monoisotopic (exact) mass is 263 g/mol. The van der Waals surface area contributed by atoms with Crippen LogP contribution in [0.15, 0.2) is 42.5 Å². The summed E-state index contributed by atoms with van der Waals surface area (Å²) < 4.78 is 31.5. The Morgan fingerprint density at radius 1 is 1.05 bits per heavy atom. The first-order valence-electron chi connectivity index (χ1n) is 5.52. The first-order valence-corrected chi connectivity index (χ1v) is 5.52. The molecule has 0 spiro atoms. The van der Waals surface area contributed by atoms with E-state index in [0.717, 1.165) is 6.07 Å². The molecule has 1 N–H and O–H groups in total. The second kappa shape index (κ2) is 5.48. The van der Waals surface area contributed by atoms with Crippen LogP contribution in [-0.4, -0.2) is 13.2 Å². The fraction of sp³-hybridized carbons (Fsp3) is 0.0714. The first-order chi connectivity index (χ1) is 9.13. The van der Waals surface area contributed by atoms with Crippen LogP contribution in [0.2, 0.25) is 0 Å². The fourth-order valence-corrected chi connectivity index (χ4v) is 1.70. The van der Waals surface area contributed by atoms with E-state index in [2.05, 4.69) is 10.1 Å². The SMILES string of the molecule is COC(=O)Nc1ccccc1-c1cccc(F)c1F. The predicted octanol–water partition coefficient (Wildman–Crippen LogP) is 3.81. The molecule has 0 atom stereocenters. The van der Waals surface area contributed by atoms with Gasteiger partial charge in [0.2, 0.25) is 0 Å². The second-order valence-corrected chi connectivity index (χ2v) is 3.76. The van der Waals surface area contributed by atoms with Crippen LogP contribution in [-0.2, 0) is 4.74 Å². The summed E-state index contributed by atoms with van der Waals surface area (Å²) >= 11 is 0. The van der Waals surface area contributed by atoms with Crippen molar-refractivity contribution in [3.05, 3.63) is 54.1 Å². The van der Waals surface area contributed by atoms with Crippen LogP contribution in [0.3, 0.4) is 0 Å².